The zero-order valence-electron chi connectivity index (χ0n) is 11.6. The van der Waals surface area contributed by atoms with Gasteiger partial charge < -0.3 is 9.26 Å². The number of carbonyl (C=O) groups excluding carboxylic acids is 1. The summed E-state index contributed by atoms with van der Waals surface area (Å²) in [6.45, 7) is 1.80. The quantitative estimate of drug-likeness (QED) is 0.688. The minimum atomic E-state index is -0.504. The van der Waals surface area contributed by atoms with Crippen molar-refractivity contribution in [3.8, 4) is 11.3 Å². The Bertz CT molecular complexity index is 795. The van der Waals surface area contributed by atoms with E-state index in [1.807, 2.05) is 6.92 Å². The van der Waals surface area contributed by atoms with Gasteiger partial charge in [0.25, 0.3) is 0 Å². The lowest BCUT2D eigenvalue weighted by molar-refractivity contribution is 0.0458. The molecule has 5 nitrogen and oxygen atoms in total. The van der Waals surface area contributed by atoms with E-state index < -0.39 is 5.97 Å². The number of carbonyl (C=O) groups is 1. The van der Waals surface area contributed by atoms with Gasteiger partial charge in [-0.15, -0.1) is 11.3 Å². The third-order valence-electron chi connectivity index (χ3n) is 2.87. The van der Waals surface area contributed by atoms with Crippen molar-refractivity contribution in [3.63, 3.8) is 0 Å². The second-order valence-corrected chi connectivity index (χ2v) is 5.58. The van der Waals surface area contributed by atoms with Gasteiger partial charge in [-0.3, -0.25) is 0 Å². The van der Waals surface area contributed by atoms with Crippen LogP contribution in [0.1, 0.15) is 21.2 Å². The molecule has 0 bridgehead atoms. The van der Waals surface area contributed by atoms with Crippen LogP contribution in [0.4, 0.5) is 4.39 Å². The van der Waals surface area contributed by atoms with Crippen LogP contribution in [0.3, 0.4) is 0 Å². The molecule has 22 heavy (non-hydrogen) atoms. The van der Waals surface area contributed by atoms with Crippen LogP contribution in [0.15, 0.2) is 40.2 Å². The molecular formula is C15H11FN2O3S. The maximum absolute atomic E-state index is 12.9. The van der Waals surface area contributed by atoms with E-state index in [2.05, 4.69) is 10.1 Å². The van der Waals surface area contributed by atoms with Gasteiger partial charge in [-0.05, 0) is 31.2 Å². The molecule has 0 fully saturated rings. The summed E-state index contributed by atoms with van der Waals surface area (Å²) < 4.78 is 23.1. The second kappa shape index (κ2) is 6.07. The van der Waals surface area contributed by atoms with Gasteiger partial charge in [0, 0.05) is 17.0 Å². The molecule has 112 valence electrons. The van der Waals surface area contributed by atoms with Crippen molar-refractivity contribution in [2.75, 3.05) is 0 Å². The van der Waals surface area contributed by atoms with Crippen LogP contribution in [0.2, 0.25) is 0 Å². The molecule has 1 aromatic carbocycles. The lowest BCUT2D eigenvalue weighted by Gasteiger charge is -1.98. The minimum Gasteiger partial charge on any atom is -0.454 e. The Hall–Kier alpha value is -2.54. The predicted molar refractivity (Wildman–Crippen MR) is 77.9 cm³/mol. The molecule has 0 radical (unpaired) electrons. The van der Waals surface area contributed by atoms with E-state index in [-0.39, 0.29) is 18.1 Å². The fourth-order valence-electron chi connectivity index (χ4n) is 1.80. The van der Waals surface area contributed by atoms with E-state index in [4.69, 9.17) is 9.26 Å². The standard InChI is InChI=1S/C15H11FN2O3S/c1-9-17-13(8-22-9)15(19)20-7-12-6-14(21-18-12)10-2-4-11(16)5-3-10/h2-6,8H,7H2,1H3. The third kappa shape index (κ3) is 3.20. The minimum absolute atomic E-state index is 0.0138. The number of ether oxygens (including phenoxy) is 1. The van der Waals surface area contributed by atoms with Crippen molar-refractivity contribution in [3.05, 3.63) is 57.9 Å². The number of nitrogens with zero attached hydrogens (tertiary/aromatic N) is 2. The summed E-state index contributed by atoms with van der Waals surface area (Å²) in [5, 5.41) is 6.26. The van der Waals surface area contributed by atoms with Gasteiger partial charge in [0.1, 0.15) is 18.1 Å². The number of esters is 1. The lowest BCUT2D eigenvalue weighted by Crippen LogP contribution is -2.05. The molecule has 2 heterocycles. The lowest BCUT2D eigenvalue weighted by atomic mass is 10.1. The number of hydrogen-bond donors (Lipinski definition) is 0. The predicted octanol–water partition coefficient (Wildman–Crippen LogP) is 3.60. The van der Waals surface area contributed by atoms with Crippen molar-refractivity contribution >= 4 is 17.3 Å². The number of thiazole rings is 1. The van der Waals surface area contributed by atoms with E-state index in [1.165, 1.54) is 23.5 Å². The highest BCUT2D eigenvalue weighted by Crippen LogP contribution is 2.21. The summed E-state index contributed by atoms with van der Waals surface area (Å²) in [5.41, 5.74) is 1.45. The van der Waals surface area contributed by atoms with Crippen LogP contribution in [-0.2, 0) is 11.3 Å². The molecule has 0 saturated carbocycles. The summed E-state index contributed by atoms with van der Waals surface area (Å²) in [6.07, 6.45) is 0. The molecule has 0 spiro atoms. The first-order valence-corrected chi connectivity index (χ1v) is 7.30. The number of aromatic nitrogens is 2. The van der Waals surface area contributed by atoms with Gasteiger partial charge in [-0.2, -0.15) is 0 Å². The van der Waals surface area contributed by atoms with Crippen molar-refractivity contribution in [2.24, 2.45) is 0 Å². The molecule has 0 aliphatic carbocycles. The van der Waals surface area contributed by atoms with Gasteiger partial charge in [0.2, 0.25) is 0 Å². The molecule has 0 unspecified atom stereocenters. The van der Waals surface area contributed by atoms with Gasteiger partial charge in [-0.25, -0.2) is 14.2 Å². The molecule has 2 aromatic heterocycles. The largest absolute Gasteiger partial charge is 0.454 e. The molecule has 0 aliphatic rings. The molecule has 0 atom stereocenters. The van der Waals surface area contributed by atoms with Crippen molar-refractivity contribution in [1.82, 2.24) is 10.1 Å². The zero-order valence-corrected chi connectivity index (χ0v) is 12.4. The summed E-state index contributed by atoms with van der Waals surface area (Å²) in [6, 6.07) is 7.49. The van der Waals surface area contributed by atoms with E-state index in [0.717, 1.165) is 5.01 Å². The number of halogens is 1. The first kappa shape index (κ1) is 14.4. The molecule has 0 N–H and O–H groups in total. The summed E-state index contributed by atoms with van der Waals surface area (Å²) in [4.78, 5) is 15.8. The van der Waals surface area contributed by atoms with Crippen LogP contribution in [-0.4, -0.2) is 16.1 Å². The van der Waals surface area contributed by atoms with E-state index >= 15 is 0 Å². The highest BCUT2D eigenvalue weighted by atomic mass is 32.1. The molecule has 3 aromatic rings. The molecule has 0 aliphatic heterocycles. The number of rotatable bonds is 4. The maximum Gasteiger partial charge on any atom is 0.358 e. The zero-order chi connectivity index (χ0) is 15.5. The summed E-state index contributed by atoms with van der Waals surface area (Å²) in [7, 11) is 0. The van der Waals surface area contributed by atoms with Crippen LogP contribution < -0.4 is 0 Å². The van der Waals surface area contributed by atoms with E-state index in [1.54, 1.807) is 23.6 Å². The highest BCUT2D eigenvalue weighted by molar-refractivity contribution is 7.09. The number of hydrogen-bond acceptors (Lipinski definition) is 6. The van der Waals surface area contributed by atoms with Gasteiger partial charge in [-0.1, -0.05) is 5.16 Å². The van der Waals surface area contributed by atoms with Crippen LogP contribution in [0.25, 0.3) is 11.3 Å². The normalized spacial score (nSPS) is 10.6. The Kier molecular flexibility index (Phi) is 3.97. The molecule has 0 saturated heterocycles. The van der Waals surface area contributed by atoms with Crippen LogP contribution in [0.5, 0.6) is 0 Å². The average molecular weight is 318 g/mol. The SMILES string of the molecule is Cc1nc(C(=O)OCc2cc(-c3ccc(F)cc3)on2)cs1. The highest BCUT2D eigenvalue weighted by Gasteiger charge is 2.13. The topological polar surface area (TPSA) is 65.2 Å². The second-order valence-electron chi connectivity index (χ2n) is 4.52. The molecule has 0 amide bonds. The van der Waals surface area contributed by atoms with Crippen molar-refractivity contribution < 1.29 is 18.4 Å². The molecular weight excluding hydrogens is 307 g/mol. The number of benzene rings is 1. The van der Waals surface area contributed by atoms with Gasteiger partial charge >= 0.3 is 5.97 Å². The van der Waals surface area contributed by atoms with Gasteiger partial charge in [0.15, 0.2) is 11.5 Å². The Morgan fingerprint density at radius 2 is 2.14 bits per heavy atom. The fourth-order valence-corrected chi connectivity index (χ4v) is 2.38. The first-order chi connectivity index (χ1) is 10.6. The Morgan fingerprint density at radius 3 is 2.82 bits per heavy atom. The number of aryl methyl sites for hydroxylation is 1. The molecule has 7 heteroatoms. The Labute approximate surface area is 129 Å². The van der Waals surface area contributed by atoms with Crippen molar-refractivity contribution in [2.45, 2.75) is 13.5 Å². The third-order valence-corrected chi connectivity index (χ3v) is 3.64. The van der Waals surface area contributed by atoms with Crippen molar-refractivity contribution in [1.29, 1.82) is 0 Å². The van der Waals surface area contributed by atoms with E-state index in [9.17, 15) is 9.18 Å². The summed E-state index contributed by atoms with van der Waals surface area (Å²) >= 11 is 1.38. The smallest absolute Gasteiger partial charge is 0.358 e. The molecule has 3 rings (SSSR count). The fraction of sp³-hybridized carbons (Fsp3) is 0.133. The summed E-state index contributed by atoms with van der Waals surface area (Å²) in [5.74, 6) is -0.345. The van der Waals surface area contributed by atoms with E-state index in [0.29, 0.717) is 17.0 Å². The Balaban J connectivity index is 1.64. The average Bonchev–Trinajstić information content (AvgIpc) is 3.15. The maximum atomic E-state index is 12.9. The first-order valence-electron chi connectivity index (χ1n) is 6.42. The Morgan fingerprint density at radius 1 is 1.36 bits per heavy atom. The van der Waals surface area contributed by atoms with Crippen LogP contribution >= 0.6 is 11.3 Å². The van der Waals surface area contributed by atoms with Gasteiger partial charge in [0.05, 0.1) is 5.01 Å². The van der Waals surface area contributed by atoms with Crippen LogP contribution in [0, 0.1) is 12.7 Å². The monoisotopic (exact) mass is 318 g/mol.